The van der Waals surface area contributed by atoms with Crippen LogP contribution in [-0.2, 0) is 27.4 Å². The second-order valence-corrected chi connectivity index (χ2v) is 15.0. The Labute approximate surface area is 306 Å². The Balaban J connectivity index is 1.31. The van der Waals surface area contributed by atoms with Crippen molar-refractivity contribution in [3.8, 4) is 0 Å². The van der Waals surface area contributed by atoms with E-state index >= 15 is 0 Å². The number of pyridine rings is 2. The summed E-state index contributed by atoms with van der Waals surface area (Å²) in [5.74, 6) is -1.25. The van der Waals surface area contributed by atoms with E-state index in [9.17, 15) is 19.5 Å². The Kier molecular flexibility index (Phi) is 13.1. The van der Waals surface area contributed by atoms with Gasteiger partial charge in [0.05, 0.1) is 36.4 Å². The largest absolute Gasteiger partial charge is 0.390 e. The van der Waals surface area contributed by atoms with Crippen LogP contribution in [0.15, 0.2) is 91.3 Å². The molecular formula is C41H52N6O5. The number of aliphatic hydroxyl groups is 1. The van der Waals surface area contributed by atoms with Crippen LogP contribution in [0.1, 0.15) is 69.1 Å². The Morgan fingerprint density at radius 2 is 1.63 bits per heavy atom. The van der Waals surface area contributed by atoms with Crippen LogP contribution in [0.5, 0.6) is 0 Å². The summed E-state index contributed by atoms with van der Waals surface area (Å²) in [6, 6.07) is 22.3. The van der Waals surface area contributed by atoms with E-state index in [1.54, 1.807) is 18.5 Å². The Morgan fingerprint density at radius 3 is 2.35 bits per heavy atom. The molecule has 11 heteroatoms. The molecule has 0 unspecified atom stereocenters. The number of fused-ring (bicyclic) bond motifs is 1. The molecule has 2 aromatic carbocycles. The maximum Gasteiger partial charge on any atom is 0.270 e. The second kappa shape index (κ2) is 17.7. The second-order valence-electron chi connectivity index (χ2n) is 15.0. The van der Waals surface area contributed by atoms with Gasteiger partial charge in [-0.15, -0.1) is 0 Å². The molecule has 1 fully saturated rings. The van der Waals surface area contributed by atoms with Crippen molar-refractivity contribution >= 4 is 28.6 Å². The summed E-state index contributed by atoms with van der Waals surface area (Å²) in [5, 5.41) is 21.9. The summed E-state index contributed by atoms with van der Waals surface area (Å²) in [4.78, 5) is 51.6. The van der Waals surface area contributed by atoms with Crippen molar-refractivity contribution in [1.29, 1.82) is 0 Å². The molecule has 0 bridgehead atoms. The lowest BCUT2D eigenvalue weighted by atomic mass is 9.94. The van der Waals surface area contributed by atoms with Crippen LogP contribution in [-0.4, -0.2) is 86.7 Å². The number of carbonyl (C=O) groups is 3. The summed E-state index contributed by atoms with van der Waals surface area (Å²) in [7, 11) is 0. The summed E-state index contributed by atoms with van der Waals surface area (Å²) >= 11 is 0. The first-order valence-electron chi connectivity index (χ1n) is 18.1. The number of benzene rings is 2. The van der Waals surface area contributed by atoms with Gasteiger partial charge >= 0.3 is 0 Å². The molecule has 52 heavy (non-hydrogen) atoms. The summed E-state index contributed by atoms with van der Waals surface area (Å²) in [5.41, 5.74) is 2.39. The van der Waals surface area contributed by atoms with Gasteiger partial charge in [-0.3, -0.25) is 24.3 Å². The highest BCUT2D eigenvalue weighted by atomic mass is 16.5. The Bertz CT molecular complexity index is 1780. The molecule has 0 spiro atoms. The Morgan fingerprint density at radius 1 is 0.923 bits per heavy atom. The van der Waals surface area contributed by atoms with Gasteiger partial charge in [-0.1, -0.05) is 68.4 Å². The zero-order valence-corrected chi connectivity index (χ0v) is 30.8. The van der Waals surface area contributed by atoms with Crippen LogP contribution < -0.4 is 16.0 Å². The van der Waals surface area contributed by atoms with E-state index in [-0.39, 0.29) is 30.2 Å². The van der Waals surface area contributed by atoms with Crippen molar-refractivity contribution in [2.45, 2.75) is 96.4 Å². The molecule has 1 saturated heterocycles. The van der Waals surface area contributed by atoms with Crippen LogP contribution >= 0.6 is 0 Å². The van der Waals surface area contributed by atoms with Crippen molar-refractivity contribution < 1.29 is 24.2 Å². The van der Waals surface area contributed by atoms with Gasteiger partial charge in [-0.25, -0.2) is 4.98 Å². The first-order chi connectivity index (χ1) is 24.9. The normalized spacial score (nSPS) is 18.4. The van der Waals surface area contributed by atoms with Gasteiger partial charge in [0.15, 0.2) is 0 Å². The van der Waals surface area contributed by atoms with Crippen LogP contribution in [0.25, 0.3) is 10.9 Å². The average Bonchev–Trinajstić information content (AvgIpc) is 3.12. The number of para-hydroxylation sites is 1. The molecule has 11 nitrogen and oxygen atoms in total. The molecule has 4 aromatic rings. The third-order valence-corrected chi connectivity index (χ3v) is 9.28. The van der Waals surface area contributed by atoms with Gasteiger partial charge in [-0.2, -0.15) is 0 Å². The highest BCUT2D eigenvalue weighted by Gasteiger charge is 2.38. The standard InChI is InChI=1S/C41H52N6O5/c1-27(2)37(45-38(49)33-16-15-30-13-9-10-14-32(30)43-33)40(51)44-34(23-28-11-7-6-8-12-28)36(48)25-47-22-19-31(52-26-29-17-20-42-21-18-29)24-35(47)39(50)46-41(3,4)5/h6-18,20-21,27,31,34-37,48H,19,22-26H2,1-5H3,(H,44,51)(H,45,49)(H,46,50)/t31-,34+,35+,36-,37-/m1/s1. The third-order valence-electron chi connectivity index (χ3n) is 9.28. The number of hydrogen-bond donors (Lipinski definition) is 4. The number of ether oxygens (including phenoxy) is 1. The highest BCUT2D eigenvalue weighted by Crippen LogP contribution is 2.24. The van der Waals surface area contributed by atoms with Gasteiger partial charge in [0.2, 0.25) is 11.8 Å². The third kappa shape index (κ3) is 10.9. The zero-order chi connectivity index (χ0) is 37.3. The first-order valence-corrected chi connectivity index (χ1v) is 18.1. The van der Waals surface area contributed by atoms with Gasteiger partial charge in [0, 0.05) is 36.4 Å². The van der Waals surface area contributed by atoms with E-state index in [4.69, 9.17) is 4.74 Å². The van der Waals surface area contributed by atoms with Gasteiger partial charge in [0.1, 0.15) is 11.7 Å². The van der Waals surface area contributed by atoms with E-state index in [0.29, 0.717) is 37.9 Å². The number of β-amino-alcohol motifs (C(OH)–C–C–N with tert-alkyl or cyclic N) is 1. The number of aromatic nitrogens is 2. The molecule has 4 N–H and O–H groups in total. The molecule has 0 aliphatic carbocycles. The minimum atomic E-state index is -1.03. The molecule has 5 rings (SSSR count). The summed E-state index contributed by atoms with van der Waals surface area (Å²) in [6.45, 7) is 10.6. The zero-order valence-electron chi connectivity index (χ0n) is 30.8. The van der Waals surface area contributed by atoms with Crippen molar-refractivity contribution in [2.24, 2.45) is 5.92 Å². The minimum absolute atomic E-state index is 0.134. The number of nitrogens with one attached hydrogen (secondary N) is 3. The number of aliphatic hydroxyl groups excluding tert-OH is 1. The molecular weight excluding hydrogens is 656 g/mol. The van der Waals surface area contributed by atoms with Crippen molar-refractivity contribution in [3.05, 3.63) is 108 Å². The van der Waals surface area contributed by atoms with Gasteiger partial charge in [0.25, 0.3) is 5.91 Å². The van der Waals surface area contributed by atoms with Gasteiger partial charge < -0.3 is 25.8 Å². The van der Waals surface area contributed by atoms with E-state index in [1.165, 1.54) is 0 Å². The predicted molar refractivity (Wildman–Crippen MR) is 201 cm³/mol. The fraction of sp³-hybridized carbons (Fsp3) is 0.439. The van der Waals surface area contributed by atoms with Crippen LogP contribution in [0.4, 0.5) is 0 Å². The predicted octanol–water partition coefficient (Wildman–Crippen LogP) is 4.44. The number of amides is 3. The molecule has 0 radical (unpaired) electrons. The summed E-state index contributed by atoms with van der Waals surface area (Å²) in [6.07, 6.45) is 3.76. The molecule has 2 aromatic heterocycles. The van der Waals surface area contributed by atoms with E-state index in [2.05, 4.69) is 25.9 Å². The van der Waals surface area contributed by atoms with Crippen LogP contribution in [0.2, 0.25) is 0 Å². The average molecular weight is 709 g/mol. The number of piperidine rings is 1. The van der Waals surface area contributed by atoms with E-state index in [1.807, 2.05) is 112 Å². The first kappa shape index (κ1) is 38.5. The van der Waals surface area contributed by atoms with E-state index < -0.39 is 41.6 Å². The molecule has 0 saturated carbocycles. The molecule has 5 atom stereocenters. The molecule has 276 valence electrons. The van der Waals surface area contributed by atoms with Crippen molar-refractivity contribution in [1.82, 2.24) is 30.8 Å². The van der Waals surface area contributed by atoms with Gasteiger partial charge in [-0.05, 0) is 81.3 Å². The molecule has 3 heterocycles. The minimum Gasteiger partial charge on any atom is -0.390 e. The Hall–Kier alpha value is -4.71. The quantitative estimate of drug-likeness (QED) is 0.151. The lowest BCUT2D eigenvalue weighted by molar-refractivity contribution is -0.134. The monoisotopic (exact) mass is 708 g/mol. The maximum absolute atomic E-state index is 14.0. The van der Waals surface area contributed by atoms with Crippen molar-refractivity contribution in [2.75, 3.05) is 13.1 Å². The lowest BCUT2D eigenvalue weighted by Crippen LogP contribution is -2.60. The number of hydrogen-bond acceptors (Lipinski definition) is 8. The number of likely N-dealkylation sites (tertiary alicyclic amines) is 1. The van der Waals surface area contributed by atoms with E-state index in [0.717, 1.165) is 16.5 Å². The highest BCUT2D eigenvalue weighted by molar-refractivity contribution is 5.98. The van der Waals surface area contributed by atoms with Crippen molar-refractivity contribution in [3.63, 3.8) is 0 Å². The summed E-state index contributed by atoms with van der Waals surface area (Å²) < 4.78 is 6.25. The SMILES string of the molecule is CC(C)[C@@H](NC(=O)c1ccc2ccccc2n1)C(=O)N[C@@H](Cc1ccccc1)[C@H](O)CN1CC[C@@H](OCc2ccncc2)C[C@H]1C(=O)NC(C)(C)C. The fourth-order valence-corrected chi connectivity index (χ4v) is 6.50. The fourth-order valence-electron chi connectivity index (χ4n) is 6.50. The topological polar surface area (TPSA) is 146 Å². The maximum atomic E-state index is 14.0. The number of carbonyl (C=O) groups excluding carboxylic acids is 3. The molecule has 1 aliphatic heterocycles. The van der Waals surface area contributed by atoms with Crippen LogP contribution in [0, 0.1) is 5.92 Å². The van der Waals surface area contributed by atoms with Crippen LogP contribution in [0.3, 0.4) is 0 Å². The number of rotatable bonds is 14. The molecule has 1 aliphatic rings. The lowest BCUT2D eigenvalue weighted by Gasteiger charge is -2.41. The smallest absolute Gasteiger partial charge is 0.270 e. The molecule has 3 amide bonds. The number of nitrogens with zero attached hydrogens (tertiary/aromatic N) is 3.